The van der Waals surface area contributed by atoms with Crippen molar-refractivity contribution in [3.63, 3.8) is 0 Å². The summed E-state index contributed by atoms with van der Waals surface area (Å²) in [5.41, 5.74) is 7.06. The third kappa shape index (κ3) is 3.52. The van der Waals surface area contributed by atoms with Crippen molar-refractivity contribution in [2.24, 2.45) is 5.92 Å². The fourth-order valence-electron chi connectivity index (χ4n) is 1.45. The van der Waals surface area contributed by atoms with Crippen LogP contribution < -0.4 is 11.1 Å². The van der Waals surface area contributed by atoms with Crippen molar-refractivity contribution in [1.82, 2.24) is 0 Å². The van der Waals surface area contributed by atoms with E-state index in [1.807, 2.05) is 6.92 Å². The smallest absolute Gasteiger partial charge is 0.227 e. The Hall–Kier alpha value is -1.03. The first kappa shape index (κ1) is 13.0. The largest absolute Gasteiger partial charge is 0.399 e. The van der Waals surface area contributed by atoms with Gasteiger partial charge in [-0.25, -0.2) is 0 Å². The highest BCUT2D eigenvalue weighted by Crippen LogP contribution is 2.25. The van der Waals surface area contributed by atoms with Crippen molar-refractivity contribution < 1.29 is 4.79 Å². The number of anilines is 2. The lowest BCUT2D eigenvalue weighted by molar-refractivity contribution is -0.119. The Morgan fingerprint density at radius 1 is 1.56 bits per heavy atom. The van der Waals surface area contributed by atoms with Crippen LogP contribution in [0, 0.1) is 5.92 Å². The second kappa shape index (κ2) is 5.89. The quantitative estimate of drug-likeness (QED) is 0.833. The van der Waals surface area contributed by atoms with Crippen LogP contribution in [0.15, 0.2) is 22.7 Å². The molecule has 0 radical (unpaired) electrons. The van der Waals surface area contributed by atoms with Crippen LogP contribution in [0.5, 0.6) is 0 Å². The van der Waals surface area contributed by atoms with Gasteiger partial charge in [0.15, 0.2) is 0 Å². The number of amides is 1. The van der Waals surface area contributed by atoms with Crippen molar-refractivity contribution >= 4 is 33.2 Å². The zero-order chi connectivity index (χ0) is 12.1. The van der Waals surface area contributed by atoms with E-state index in [4.69, 9.17) is 5.73 Å². The average Bonchev–Trinajstić information content (AvgIpc) is 2.22. The Morgan fingerprint density at radius 3 is 2.81 bits per heavy atom. The molecular formula is C12H17BrN2O. The molecule has 0 heterocycles. The van der Waals surface area contributed by atoms with Crippen molar-refractivity contribution in [3.05, 3.63) is 22.7 Å². The van der Waals surface area contributed by atoms with Gasteiger partial charge in [-0.2, -0.15) is 0 Å². The molecule has 0 spiro atoms. The molecule has 0 saturated carbocycles. The van der Waals surface area contributed by atoms with Crippen molar-refractivity contribution in [3.8, 4) is 0 Å². The molecule has 0 aliphatic carbocycles. The van der Waals surface area contributed by atoms with Gasteiger partial charge in [-0.1, -0.05) is 20.3 Å². The van der Waals surface area contributed by atoms with Crippen LogP contribution >= 0.6 is 15.9 Å². The average molecular weight is 285 g/mol. The van der Waals surface area contributed by atoms with E-state index in [0.29, 0.717) is 5.69 Å². The number of nitrogens with one attached hydrogen (secondary N) is 1. The maximum Gasteiger partial charge on any atom is 0.227 e. The van der Waals surface area contributed by atoms with Gasteiger partial charge in [-0.3, -0.25) is 4.79 Å². The van der Waals surface area contributed by atoms with Gasteiger partial charge >= 0.3 is 0 Å². The molecule has 1 aromatic carbocycles. The standard InChI is InChI=1S/C12H17BrN2O/c1-3-4-8(2)12(16)15-11-6-5-9(14)7-10(11)13/h5-8H,3-4,14H2,1-2H3,(H,15,16). The number of hydrogen-bond acceptors (Lipinski definition) is 2. The fourth-order valence-corrected chi connectivity index (χ4v) is 1.95. The van der Waals surface area contributed by atoms with Crippen LogP contribution in [0.1, 0.15) is 26.7 Å². The molecule has 1 unspecified atom stereocenters. The SMILES string of the molecule is CCCC(C)C(=O)Nc1ccc(N)cc1Br. The molecule has 3 nitrogen and oxygen atoms in total. The predicted molar refractivity (Wildman–Crippen MR) is 71.3 cm³/mol. The van der Waals surface area contributed by atoms with Gasteiger partial charge in [0.2, 0.25) is 5.91 Å². The van der Waals surface area contributed by atoms with E-state index in [2.05, 4.69) is 28.2 Å². The molecule has 1 atom stereocenters. The number of benzene rings is 1. The Labute approximate surface area is 105 Å². The van der Waals surface area contributed by atoms with Crippen LogP contribution in [0.25, 0.3) is 0 Å². The molecule has 88 valence electrons. The fraction of sp³-hybridized carbons (Fsp3) is 0.417. The van der Waals surface area contributed by atoms with Gasteiger partial charge in [0.05, 0.1) is 5.69 Å². The summed E-state index contributed by atoms with van der Waals surface area (Å²) >= 11 is 3.37. The minimum absolute atomic E-state index is 0.0365. The number of carbonyl (C=O) groups is 1. The van der Waals surface area contributed by atoms with E-state index in [-0.39, 0.29) is 11.8 Å². The lowest BCUT2D eigenvalue weighted by Gasteiger charge is -2.12. The highest BCUT2D eigenvalue weighted by Gasteiger charge is 2.12. The van der Waals surface area contributed by atoms with Gasteiger partial charge < -0.3 is 11.1 Å². The van der Waals surface area contributed by atoms with Crippen LogP contribution in [-0.4, -0.2) is 5.91 Å². The molecule has 0 aliphatic heterocycles. The summed E-state index contributed by atoms with van der Waals surface area (Å²) in [4.78, 5) is 11.8. The molecule has 3 N–H and O–H groups in total. The third-order valence-electron chi connectivity index (χ3n) is 2.42. The maximum atomic E-state index is 11.8. The monoisotopic (exact) mass is 284 g/mol. The number of hydrogen-bond donors (Lipinski definition) is 2. The molecule has 0 bridgehead atoms. The molecular weight excluding hydrogens is 268 g/mol. The molecule has 16 heavy (non-hydrogen) atoms. The van der Waals surface area contributed by atoms with E-state index in [9.17, 15) is 4.79 Å². The summed E-state index contributed by atoms with van der Waals surface area (Å²) in [7, 11) is 0. The molecule has 0 fully saturated rings. The summed E-state index contributed by atoms with van der Waals surface area (Å²) in [6.07, 6.45) is 1.91. The van der Waals surface area contributed by atoms with Gasteiger partial charge in [0, 0.05) is 16.1 Å². The summed E-state index contributed by atoms with van der Waals surface area (Å²) in [6, 6.07) is 5.35. The second-order valence-corrected chi connectivity index (χ2v) is 4.77. The Morgan fingerprint density at radius 2 is 2.25 bits per heavy atom. The summed E-state index contributed by atoms with van der Waals surface area (Å²) in [6.45, 7) is 4.01. The zero-order valence-electron chi connectivity index (χ0n) is 9.59. The van der Waals surface area contributed by atoms with Gasteiger partial charge in [-0.05, 0) is 40.5 Å². The normalized spacial score (nSPS) is 12.2. The lowest BCUT2D eigenvalue weighted by Crippen LogP contribution is -2.20. The molecule has 0 saturated heterocycles. The number of halogens is 1. The first-order valence-electron chi connectivity index (χ1n) is 5.40. The van der Waals surface area contributed by atoms with Crippen LogP contribution in [-0.2, 0) is 4.79 Å². The molecule has 1 aromatic rings. The Balaban J connectivity index is 2.69. The highest BCUT2D eigenvalue weighted by atomic mass is 79.9. The third-order valence-corrected chi connectivity index (χ3v) is 3.08. The van der Waals surface area contributed by atoms with E-state index < -0.39 is 0 Å². The minimum Gasteiger partial charge on any atom is -0.399 e. The molecule has 1 rings (SSSR count). The summed E-state index contributed by atoms with van der Waals surface area (Å²) in [5.74, 6) is 0.0850. The Kier molecular flexibility index (Phi) is 4.80. The van der Waals surface area contributed by atoms with Gasteiger partial charge in [0.25, 0.3) is 0 Å². The lowest BCUT2D eigenvalue weighted by atomic mass is 10.1. The van der Waals surface area contributed by atoms with Gasteiger partial charge in [-0.15, -0.1) is 0 Å². The topological polar surface area (TPSA) is 55.1 Å². The predicted octanol–water partition coefficient (Wildman–Crippen LogP) is 3.41. The number of carbonyl (C=O) groups excluding carboxylic acids is 1. The van der Waals surface area contributed by atoms with Crippen molar-refractivity contribution in [2.45, 2.75) is 26.7 Å². The van der Waals surface area contributed by atoms with Crippen molar-refractivity contribution in [1.29, 1.82) is 0 Å². The van der Waals surface area contributed by atoms with Crippen LogP contribution in [0.4, 0.5) is 11.4 Å². The summed E-state index contributed by atoms with van der Waals surface area (Å²) in [5, 5.41) is 2.88. The molecule has 4 heteroatoms. The highest BCUT2D eigenvalue weighted by molar-refractivity contribution is 9.10. The number of rotatable bonds is 4. The minimum atomic E-state index is 0.0365. The van der Waals surface area contributed by atoms with Crippen LogP contribution in [0.2, 0.25) is 0 Å². The zero-order valence-corrected chi connectivity index (χ0v) is 11.2. The van der Waals surface area contributed by atoms with E-state index in [1.165, 1.54) is 0 Å². The van der Waals surface area contributed by atoms with E-state index >= 15 is 0 Å². The molecule has 0 aliphatic rings. The Bertz CT molecular complexity index is 379. The van der Waals surface area contributed by atoms with E-state index in [0.717, 1.165) is 23.0 Å². The van der Waals surface area contributed by atoms with Crippen molar-refractivity contribution in [2.75, 3.05) is 11.1 Å². The number of nitrogen functional groups attached to an aromatic ring is 1. The number of nitrogens with two attached hydrogens (primary N) is 1. The molecule has 1 amide bonds. The van der Waals surface area contributed by atoms with Gasteiger partial charge in [0.1, 0.15) is 0 Å². The van der Waals surface area contributed by atoms with Crippen LogP contribution in [0.3, 0.4) is 0 Å². The van der Waals surface area contributed by atoms with E-state index in [1.54, 1.807) is 18.2 Å². The first-order valence-corrected chi connectivity index (χ1v) is 6.19. The second-order valence-electron chi connectivity index (χ2n) is 3.92. The summed E-state index contributed by atoms with van der Waals surface area (Å²) < 4.78 is 0.810. The first-order chi connectivity index (χ1) is 7.54. The molecule has 0 aromatic heterocycles. The maximum absolute atomic E-state index is 11.8.